The van der Waals surface area contributed by atoms with Gasteiger partial charge in [0.15, 0.2) is 0 Å². The largest absolute Gasteiger partial charge is 0.490 e. The van der Waals surface area contributed by atoms with E-state index < -0.39 is 0 Å². The minimum Gasteiger partial charge on any atom is -0.490 e. The zero-order chi connectivity index (χ0) is 19.2. The molecule has 0 aliphatic carbocycles. The molecule has 1 atom stereocenters. The van der Waals surface area contributed by atoms with E-state index in [1.165, 1.54) is 0 Å². The molecule has 1 fully saturated rings. The molecule has 5 nitrogen and oxygen atoms in total. The van der Waals surface area contributed by atoms with E-state index in [0.717, 1.165) is 54.9 Å². The van der Waals surface area contributed by atoms with Crippen LogP contribution < -0.4 is 10.1 Å². The SMILES string of the molecule is CCc1ccccc1NC(=O)C(C)N1CCC(Oc2ccncc2C)CC1. The summed E-state index contributed by atoms with van der Waals surface area (Å²) in [5.74, 6) is 0.964. The molecule has 2 aromatic rings. The molecule has 5 heteroatoms. The van der Waals surface area contributed by atoms with Crippen molar-refractivity contribution >= 4 is 11.6 Å². The van der Waals surface area contributed by atoms with Crippen LogP contribution in [0.1, 0.15) is 37.8 Å². The van der Waals surface area contributed by atoms with Crippen LogP contribution in [0.5, 0.6) is 5.75 Å². The third-order valence-corrected chi connectivity index (χ3v) is 5.32. The molecule has 1 unspecified atom stereocenters. The van der Waals surface area contributed by atoms with Crippen molar-refractivity contribution in [2.45, 2.75) is 52.2 Å². The number of carbonyl (C=O) groups excluding carboxylic acids is 1. The second-order valence-corrected chi connectivity index (χ2v) is 7.17. The summed E-state index contributed by atoms with van der Waals surface area (Å²) in [5, 5.41) is 3.10. The normalized spacial score (nSPS) is 16.7. The highest BCUT2D eigenvalue weighted by Crippen LogP contribution is 2.23. The highest BCUT2D eigenvalue weighted by molar-refractivity contribution is 5.95. The molecular weight excluding hydrogens is 338 g/mol. The van der Waals surface area contributed by atoms with Crippen LogP contribution in [0.3, 0.4) is 0 Å². The molecule has 0 radical (unpaired) electrons. The van der Waals surface area contributed by atoms with Crippen LogP contribution in [0.4, 0.5) is 5.69 Å². The summed E-state index contributed by atoms with van der Waals surface area (Å²) in [6, 6.07) is 9.77. The van der Waals surface area contributed by atoms with E-state index in [-0.39, 0.29) is 18.1 Å². The zero-order valence-electron chi connectivity index (χ0n) is 16.4. The van der Waals surface area contributed by atoms with Crippen molar-refractivity contribution in [3.63, 3.8) is 0 Å². The van der Waals surface area contributed by atoms with Crippen LogP contribution in [0.15, 0.2) is 42.7 Å². The Labute approximate surface area is 161 Å². The summed E-state index contributed by atoms with van der Waals surface area (Å²) in [7, 11) is 0. The number of ether oxygens (including phenoxy) is 1. The summed E-state index contributed by atoms with van der Waals surface area (Å²) < 4.78 is 6.13. The number of carbonyl (C=O) groups is 1. The fraction of sp³-hybridized carbons (Fsp3) is 0.455. The van der Waals surface area contributed by atoms with Crippen molar-refractivity contribution in [2.75, 3.05) is 18.4 Å². The summed E-state index contributed by atoms with van der Waals surface area (Å²) in [6.45, 7) is 7.82. The fourth-order valence-electron chi connectivity index (χ4n) is 3.51. The lowest BCUT2D eigenvalue weighted by atomic mass is 10.0. The monoisotopic (exact) mass is 367 g/mol. The summed E-state index contributed by atoms with van der Waals surface area (Å²) in [6.07, 6.45) is 6.53. The molecule has 1 aromatic heterocycles. The van der Waals surface area contributed by atoms with Gasteiger partial charge in [0.05, 0.1) is 6.04 Å². The first-order valence-corrected chi connectivity index (χ1v) is 9.78. The first kappa shape index (κ1) is 19.4. The molecule has 1 aliphatic heterocycles. The molecular formula is C22H29N3O2. The number of anilines is 1. The van der Waals surface area contributed by atoms with Crippen molar-refractivity contribution in [2.24, 2.45) is 0 Å². The number of rotatable bonds is 6. The smallest absolute Gasteiger partial charge is 0.241 e. The number of hydrogen-bond donors (Lipinski definition) is 1. The number of amides is 1. The first-order valence-electron chi connectivity index (χ1n) is 9.78. The Hall–Kier alpha value is -2.40. The van der Waals surface area contributed by atoms with Gasteiger partial charge in [-0.25, -0.2) is 0 Å². The number of nitrogens with one attached hydrogen (secondary N) is 1. The minimum atomic E-state index is -0.154. The second-order valence-electron chi connectivity index (χ2n) is 7.17. The third kappa shape index (κ3) is 4.86. The average Bonchev–Trinajstić information content (AvgIpc) is 2.70. The number of aryl methyl sites for hydroxylation is 2. The molecule has 1 saturated heterocycles. The van der Waals surface area contributed by atoms with Crippen molar-refractivity contribution in [3.05, 3.63) is 53.9 Å². The molecule has 3 rings (SSSR count). The van der Waals surface area contributed by atoms with Gasteiger partial charge < -0.3 is 10.1 Å². The summed E-state index contributed by atoms with van der Waals surface area (Å²) >= 11 is 0. The minimum absolute atomic E-state index is 0.0558. The highest BCUT2D eigenvalue weighted by atomic mass is 16.5. The molecule has 0 bridgehead atoms. The van der Waals surface area contributed by atoms with E-state index in [9.17, 15) is 4.79 Å². The van der Waals surface area contributed by atoms with E-state index in [1.54, 1.807) is 6.20 Å². The third-order valence-electron chi connectivity index (χ3n) is 5.32. The molecule has 1 amide bonds. The van der Waals surface area contributed by atoms with Gasteiger partial charge in [-0.3, -0.25) is 14.7 Å². The van der Waals surface area contributed by atoms with Crippen molar-refractivity contribution < 1.29 is 9.53 Å². The molecule has 2 heterocycles. The van der Waals surface area contributed by atoms with Gasteiger partial charge in [-0.15, -0.1) is 0 Å². The number of pyridine rings is 1. The van der Waals surface area contributed by atoms with Gasteiger partial charge >= 0.3 is 0 Å². The van der Waals surface area contributed by atoms with Crippen LogP contribution in [0.25, 0.3) is 0 Å². The van der Waals surface area contributed by atoms with Crippen molar-refractivity contribution in [1.82, 2.24) is 9.88 Å². The number of piperidine rings is 1. The maximum absolute atomic E-state index is 12.7. The molecule has 27 heavy (non-hydrogen) atoms. The number of para-hydroxylation sites is 1. The molecule has 144 valence electrons. The van der Waals surface area contributed by atoms with E-state index >= 15 is 0 Å². The second kappa shape index (κ2) is 9.00. The zero-order valence-corrected chi connectivity index (χ0v) is 16.4. The Balaban J connectivity index is 1.52. The quantitative estimate of drug-likeness (QED) is 0.843. The highest BCUT2D eigenvalue weighted by Gasteiger charge is 2.28. The molecule has 1 aromatic carbocycles. The summed E-state index contributed by atoms with van der Waals surface area (Å²) in [5.41, 5.74) is 3.14. The van der Waals surface area contributed by atoms with Crippen LogP contribution in [-0.4, -0.2) is 41.0 Å². The molecule has 0 spiro atoms. The maximum Gasteiger partial charge on any atom is 0.241 e. The standard InChI is InChI=1S/C22H29N3O2/c1-4-18-7-5-6-8-20(18)24-22(26)17(3)25-13-10-19(11-14-25)27-21-9-12-23-15-16(21)2/h5-9,12,15,17,19H,4,10-11,13-14H2,1-3H3,(H,24,26). The number of nitrogens with zero attached hydrogens (tertiary/aromatic N) is 2. The Morgan fingerprint density at radius 1 is 1.30 bits per heavy atom. The van der Waals surface area contributed by atoms with E-state index in [1.807, 2.05) is 44.3 Å². The Bertz CT molecular complexity index is 770. The molecule has 1 N–H and O–H groups in total. The predicted molar refractivity (Wildman–Crippen MR) is 108 cm³/mol. The number of likely N-dealkylation sites (tertiary alicyclic amines) is 1. The van der Waals surface area contributed by atoms with E-state index in [2.05, 4.69) is 28.2 Å². The Kier molecular flexibility index (Phi) is 6.45. The van der Waals surface area contributed by atoms with Gasteiger partial charge in [-0.05, 0) is 50.8 Å². The van der Waals surface area contributed by atoms with Gasteiger partial charge in [-0.1, -0.05) is 25.1 Å². The van der Waals surface area contributed by atoms with Gasteiger partial charge in [0.1, 0.15) is 11.9 Å². The van der Waals surface area contributed by atoms with Gasteiger partial charge in [0.25, 0.3) is 0 Å². The average molecular weight is 367 g/mol. The van der Waals surface area contributed by atoms with Crippen molar-refractivity contribution in [1.29, 1.82) is 0 Å². The molecule has 0 saturated carbocycles. The Morgan fingerprint density at radius 2 is 2.04 bits per heavy atom. The van der Waals surface area contributed by atoms with Crippen LogP contribution >= 0.6 is 0 Å². The first-order chi connectivity index (χ1) is 13.1. The predicted octanol–water partition coefficient (Wildman–Crippen LogP) is 3.82. The van der Waals surface area contributed by atoms with E-state index in [4.69, 9.17) is 4.74 Å². The van der Waals surface area contributed by atoms with Crippen molar-refractivity contribution in [3.8, 4) is 5.75 Å². The topological polar surface area (TPSA) is 54.5 Å². The summed E-state index contributed by atoms with van der Waals surface area (Å²) in [4.78, 5) is 19.1. The van der Waals surface area contributed by atoms with Gasteiger partial charge in [0.2, 0.25) is 5.91 Å². The van der Waals surface area contributed by atoms with E-state index in [0.29, 0.717) is 0 Å². The van der Waals surface area contributed by atoms with Crippen LogP contribution in [0.2, 0.25) is 0 Å². The van der Waals surface area contributed by atoms with Gasteiger partial charge in [0, 0.05) is 36.7 Å². The Morgan fingerprint density at radius 3 is 2.74 bits per heavy atom. The van der Waals surface area contributed by atoms with Gasteiger partial charge in [-0.2, -0.15) is 0 Å². The lowest BCUT2D eigenvalue weighted by molar-refractivity contribution is -0.121. The lowest BCUT2D eigenvalue weighted by Crippen LogP contribution is -2.48. The number of aromatic nitrogens is 1. The lowest BCUT2D eigenvalue weighted by Gasteiger charge is -2.35. The van der Waals surface area contributed by atoms with Crippen LogP contribution in [-0.2, 0) is 11.2 Å². The number of hydrogen-bond acceptors (Lipinski definition) is 4. The molecule has 1 aliphatic rings. The maximum atomic E-state index is 12.7. The fourth-order valence-corrected chi connectivity index (χ4v) is 3.51. The number of benzene rings is 1. The van der Waals surface area contributed by atoms with Crippen LogP contribution in [0, 0.1) is 6.92 Å².